The average molecular weight is 322 g/mol. The highest BCUT2D eigenvalue weighted by Crippen LogP contribution is 2.28. The van der Waals surface area contributed by atoms with E-state index in [0.717, 1.165) is 25.2 Å². The van der Waals surface area contributed by atoms with E-state index in [-0.39, 0.29) is 17.7 Å². The number of hydrogen-bond acceptors (Lipinski definition) is 3. The molecule has 2 heterocycles. The molecule has 23 heavy (non-hydrogen) atoms. The number of nitrogens with zero attached hydrogens (tertiary/aromatic N) is 2. The Kier molecular flexibility index (Phi) is 5.92. The number of rotatable bonds is 4. The first-order valence-corrected chi connectivity index (χ1v) is 9.38. The first-order chi connectivity index (χ1) is 11.2. The zero-order valence-electron chi connectivity index (χ0n) is 14.2. The van der Waals surface area contributed by atoms with E-state index in [1.165, 1.54) is 25.7 Å². The van der Waals surface area contributed by atoms with E-state index in [4.69, 9.17) is 4.74 Å². The molecule has 3 aliphatic rings. The van der Waals surface area contributed by atoms with Gasteiger partial charge in [-0.15, -0.1) is 0 Å². The summed E-state index contributed by atoms with van der Waals surface area (Å²) in [5, 5.41) is 0. The fourth-order valence-corrected chi connectivity index (χ4v) is 4.16. The molecule has 0 radical (unpaired) electrons. The number of carbonyl (C=O) groups is 2. The molecule has 2 aliphatic heterocycles. The molecule has 0 aromatic carbocycles. The van der Waals surface area contributed by atoms with Crippen molar-refractivity contribution in [3.63, 3.8) is 0 Å². The van der Waals surface area contributed by atoms with Gasteiger partial charge in [0.15, 0.2) is 0 Å². The lowest BCUT2D eigenvalue weighted by molar-refractivity contribution is -0.144. The lowest BCUT2D eigenvalue weighted by atomic mass is 9.98. The standard InChI is InChI=1S/C18H30N2O3/c21-17(6-5-15-3-1-2-4-15)19-9-11-20(12-10-19)18(22)16-7-13-23-14-8-16/h15-16H,1-14H2. The van der Waals surface area contributed by atoms with Crippen molar-refractivity contribution in [2.45, 2.75) is 51.4 Å². The molecule has 1 saturated carbocycles. The number of hydrogen-bond donors (Lipinski definition) is 0. The van der Waals surface area contributed by atoms with Gasteiger partial charge in [0.2, 0.25) is 11.8 Å². The fraction of sp³-hybridized carbons (Fsp3) is 0.889. The van der Waals surface area contributed by atoms with Crippen LogP contribution in [-0.2, 0) is 14.3 Å². The van der Waals surface area contributed by atoms with Gasteiger partial charge in [-0.1, -0.05) is 25.7 Å². The molecule has 0 N–H and O–H groups in total. The first kappa shape index (κ1) is 16.7. The van der Waals surface area contributed by atoms with Crippen LogP contribution in [0.5, 0.6) is 0 Å². The average Bonchev–Trinajstić information content (AvgIpc) is 3.13. The van der Waals surface area contributed by atoms with Gasteiger partial charge >= 0.3 is 0 Å². The maximum atomic E-state index is 12.5. The summed E-state index contributed by atoms with van der Waals surface area (Å²) in [5.41, 5.74) is 0. The molecule has 0 bridgehead atoms. The van der Waals surface area contributed by atoms with E-state index < -0.39 is 0 Å². The van der Waals surface area contributed by atoms with Gasteiger partial charge in [0.25, 0.3) is 0 Å². The van der Waals surface area contributed by atoms with Crippen molar-refractivity contribution < 1.29 is 14.3 Å². The first-order valence-electron chi connectivity index (χ1n) is 9.38. The Balaban J connectivity index is 1.38. The molecule has 3 rings (SSSR count). The van der Waals surface area contributed by atoms with E-state index in [0.29, 0.717) is 45.8 Å². The van der Waals surface area contributed by atoms with Gasteiger partial charge in [0.05, 0.1) is 0 Å². The van der Waals surface area contributed by atoms with Crippen LogP contribution in [0.25, 0.3) is 0 Å². The molecule has 2 saturated heterocycles. The van der Waals surface area contributed by atoms with Crippen molar-refractivity contribution in [3.05, 3.63) is 0 Å². The molecule has 5 nitrogen and oxygen atoms in total. The van der Waals surface area contributed by atoms with Crippen LogP contribution < -0.4 is 0 Å². The summed E-state index contributed by atoms with van der Waals surface area (Å²) in [4.78, 5) is 28.8. The third kappa shape index (κ3) is 4.46. The number of ether oxygens (including phenoxy) is 1. The molecule has 3 fully saturated rings. The Morgan fingerprint density at radius 3 is 2.13 bits per heavy atom. The van der Waals surface area contributed by atoms with Crippen molar-refractivity contribution in [2.24, 2.45) is 11.8 Å². The van der Waals surface area contributed by atoms with Crippen molar-refractivity contribution >= 4 is 11.8 Å². The smallest absolute Gasteiger partial charge is 0.225 e. The maximum absolute atomic E-state index is 12.5. The van der Waals surface area contributed by atoms with Crippen LogP contribution in [0.3, 0.4) is 0 Å². The summed E-state index contributed by atoms with van der Waals surface area (Å²) in [6.07, 6.45) is 8.73. The van der Waals surface area contributed by atoms with E-state index in [1.54, 1.807) is 0 Å². The molecule has 0 atom stereocenters. The predicted octanol–water partition coefficient (Wildman–Crippen LogP) is 2.05. The Hall–Kier alpha value is -1.10. The van der Waals surface area contributed by atoms with Gasteiger partial charge in [-0.3, -0.25) is 9.59 Å². The summed E-state index contributed by atoms with van der Waals surface area (Å²) in [6, 6.07) is 0. The minimum atomic E-state index is 0.133. The molecule has 0 aromatic rings. The second-order valence-electron chi connectivity index (χ2n) is 7.28. The van der Waals surface area contributed by atoms with Gasteiger partial charge in [-0.05, 0) is 25.2 Å². The van der Waals surface area contributed by atoms with E-state index >= 15 is 0 Å². The maximum Gasteiger partial charge on any atom is 0.225 e. The monoisotopic (exact) mass is 322 g/mol. The van der Waals surface area contributed by atoms with Gasteiger partial charge in [-0.2, -0.15) is 0 Å². The minimum absolute atomic E-state index is 0.133. The van der Waals surface area contributed by atoms with Crippen LogP contribution in [0.1, 0.15) is 51.4 Å². The molecule has 5 heteroatoms. The number of carbonyl (C=O) groups excluding carboxylic acids is 2. The number of piperazine rings is 1. The summed E-state index contributed by atoms with van der Waals surface area (Å²) < 4.78 is 5.33. The quantitative estimate of drug-likeness (QED) is 0.796. The second-order valence-corrected chi connectivity index (χ2v) is 7.28. The van der Waals surface area contributed by atoms with Crippen LogP contribution >= 0.6 is 0 Å². The van der Waals surface area contributed by atoms with Crippen molar-refractivity contribution in [2.75, 3.05) is 39.4 Å². The summed E-state index contributed by atoms with van der Waals surface area (Å²) in [5.74, 6) is 1.46. The van der Waals surface area contributed by atoms with E-state index in [2.05, 4.69) is 0 Å². The Morgan fingerprint density at radius 2 is 1.48 bits per heavy atom. The normalized spacial score (nSPS) is 24.2. The molecule has 0 unspecified atom stereocenters. The minimum Gasteiger partial charge on any atom is -0.381 e. The zero-order valence-corrected chi connectivity index (χ0v) is 14.2. The van der Waals surface area contributed by atoms with Gasteiger partial charge in [-0.25, -0.2) is 0 Å². The van der Waals surface area contributed by atoms with Gasteiger partial charge in [0.1, 0.15) is 0 Å². The zero-order chi connectivity index (χ0) is 16.1. The van der Waals surface area contributed by atoms with Crippen LogP contribution in [0.15, 0.2) is 0 Å². The SMILES string of the molecule is O=C(CCC1CCCC1)N1CCN(C(=O)C2CCOCC2)CC1. The summed E-state index contributed by atoms with van der Waals surface area (Å²) in [6.45, 7) is 4.22. The molecule has 0 aromatic heterocycles. The highest BCUT2D eigenvalue weighted by Gasteiger charge is 2.30. The molecule has 130 valence electrons. The molecular weight excluding hydrogens is 292 g/mol. The Bertz CT molecular complexity index is 406. The molecule has 1 aliphatic carbocycles. The predicted molar refractivity (Wildman–Crippen MR) is 87.9 cm³/mol. The topological polar surface area (TPSA) is 49.9 Å². The fourth-order valence-electron chi connectivity index (χ4n) is 4.16. The van der Waals surface area contributed by atoms with E-state index in [1.807, 2.05) is 9.80 Å². The lowest BCUT2D eigenvalue weighted by Crippen LogP contribution is -2.52. The van der Waals surface area contributed by atoms with Crippen LogP contribution in [0.2, 0.25) is 0 Å². The largest absolute Gasteiger partial charge is 0.381 e. The van der Waals surface area contributed by atoms with Gasteiger partial charge in [0, 0.05) is 51.7 Å². The van der Waals surface area contributed by atoms with Crippen LogP contribution in [0, 0.1) is 11.8 Å². The highest BCUT2D eigenvalue weighted by molar-refractivity contribution is 5.80. The summed E-state index contributed by atoms with van der Waals surface area (Å²) >= 11 is 0. The van der Waals surface area contributed by atoms with Crippen molar-refractivity contribution in [3.8, 4) is 0 Å². The molecule has 2 amide bonds. The van der Waals surface area contributed by atoms with Crippen LogP contribution in [-0.4, -0.2) is 61.0 Å². The Labute approximate surface area is 139 Å². The summed E-state index contributed by atoms with van der Waals surface area (Å²) in [7, 11) is 0. The van der Waals surface area contributed by atoms with Crippen molar-refractivity contribution in [1.29, 1.82) is 0 Å². The van der Waals surface area contributed by atoms with Crippen LogP contribution in [0.4, 0.5) is 0 Å². The molecular formula is C18H30N2O3. The lowest BCUT2D eigenvalue weighted by Gasteiger charge is -2.37. The van der Waals surface area contributed by atoms with E-state index in [9.17, 15) is 9.59 Å². The third-order valence-corrected chi connectivity index (χ3v) is 5.76. The van der Waals surface area contributed by atoms with Gasteiger partial charge < -0.3 is 14.5 Å². The number of amides is 2. The third-order valence-electron chi connectivity index (χ3n) is 5.76. The molecule has 0 spiro atoms. The van der Waals surface area contributed by atoms with Crippen molar-refractivity contribution in [1.82, 2.24) is 9.80 Å². The Morgan fingerprint density at radius 1 is 0.870 bits per heavy atom. The highest BCUT2D eigenvalue weighted by atomic mass is 16.5. The second kappa shape index (κ2) is 8.13.